The van der Waals surface area contributed by atoms with Gasteiger partial charge in [-0.15, -0.1) is 11.8 Å². The van der Waals surface area contributed by atoms with E-state index in [0.717, 1.165) is 27.0 Å². The third-order valence-electron chi connectivity index (χ3n) is 3.35. The molecule has 0 aliphatic carbocycles. The van der Waals surface area contributed by atoms with E-state index in [1.807, 2.05) is 30.1 Å². The number of fused-ring (bicyclic) bond motifs is 1. The predicted octanol–water partition coefficient (Wildman–Crippen LogP) is 4.64. The zero-order chi connectivity index (χ0) is 14.8. The summed E-state index contributed by atoms with van der Waals surface area (Å²) < 4.78 is 8.27. The molecule has 0 bridgehead atoms. The number of thioether (sulfide) groups is 1. The average Bonchev–Trinajstić information content (AvgIpc) is 2.89. The Labute approximate surface area is 136 Å². The van der Waals surface area contributed by atoms with Gasteiger partial charge >= 0.3 is 0 Å². The third kappa shape index (κ3) is 2.94. The number of benzene rings is 2. The van der Waals surface area contributed by atoms with Crippen LogP contribution in [0.1, 0.15) is 5.56 Å². The minimum atomic E-state index is 0.889. The molecule has 21 heavy (non-hydrogen) atoms. The molecule has 0 atom stereocenters. The lowest BCUT2D eigenvalue weighted by Gasteiger charge is -2.06. The maximum Gasteiger partial charge on any atom is 0.118 e. The number of methoxy groups -OCH3 is 1. The fraction of sp³-hybridized carbons (Fsp3) is 0.188. The standard InChI is InChI=1S/C16H15BrN2OS/c1-19-10-18-16-13(19)7-8-14(15(16)17)21-9-11-3-5-12(20-2)6-4-11/h3-8,10H,9H2,1-2H3. The SMILES string of the molecule is COc1ccc(CSc2ccc3c(ncn3C)c2Br)cc1. The first-order chi connectivity index (χ1) is 10.2. The van der Waals surface area contributed by atoms with E-state index in [0.29, 0.717) is 0 Å². The lowest BCUT2D eigenvalue weighted by Crippen LogP contribution is -1.86. The summed E-state index contributed by atoms with van der Waals surface area (Å²) in [6.45, 7) is 0. The van der Waals surface area contributed by atoms with E-state index in [1.165, 1.54) is 10.5 Å². The van der Waals surface area contributed by atoms with Crippen molar-refractivity contribution in [2.45, 2.75) is 10.6 Å². The number of aromatic nitrogens is 2. The van der Waals surface area contributed by atoms with Gasteiger partial charge < -0.3 is 9.30 Å². The summed E-state index contributed by atoms with van der Waals surface area (Å²) in [5, 5.41) is 0. The van der Waals surface area contributed by atoms with Gasteiger partial charge in [0.2, 0.25) is 0 Å². The van der Waals surface area contributed by atoms with E-state index >= 15 is 0 Å². The average molecular weight is 363 g/mol. The minimum absolute atomic E-state index is 0.889. The van der Waals surface area contributed by atoms with Crippen LogP contribution in [0.5, 0.6) is 5.75 Å². The van der Waals surface area contributed by atoms with E-state index < -0.39 is 0 Å². The fourth-order valence-corrected chi connectivity index (χ4v) is 3.83. The van der Waals surface area contributed by atoms with Crippen molar-refractivity contribution in [3.8, 4) is 5.75 Å². The summed E-state index contributed by atoms with van der Waals surface area (Å²) >= 11 is 5.48. The Balaban J connectivity index is 1.79. The highest BCUT2D eigenvalue weighted by Gasteiger charge is 2.09. The van der Waals surface area contributed by atoms with Gasteiger partial charge in [-0.3, -0.25) is 0 Å². The molecule has 0 spiro atoms. The van der Waals surface area contributed by atoms with Crippen molar-refractivity contribution in [1.82, 2.24) is 9.55 Å². The smallest absolute Gasteiger partial charge is 0.118 e. The van der Waals surface area contributed by atoms with E-state index in [1.54, 1.807) is 18.9 Å². The van der Waals surface area contributed by atoms with E-state index in [9.17, 15) is 0 Å². The summed E-state index contributed by atoms with van der Waals surface area (Å²) in [6, 6.07) is 12.4. The van der Waals surface area contributed by atoms with Gasteiger partial charge in [-0.25, -0.2) is 4.98 Å². The number of halogens is 1. The Kier molecular flexibility index (Phi) is 4.22. The number of hydrogen-bond acceptors (Lipinski definition) is 3. The van der Waals surface area contributed by atoms with Gasteiger partial charge in [-0.1, -0.05) is 12.1 Å². The van der Waals surface area contributed by atoms with Crippen molar-refractivity contribution in [1.29, 1.82) is 0 Å². The van der Waals surface area contributed by atoms with Crippen LogP contribution in [0.15, 0.2) is 52.1 Å². The van der Waals surface area contributed by atoms with E-state index in [2.05, 4.69) is 45.2 Å². The lowest BCUT2D eigenvalue weighted by atomic mass is 10.2. The molecule has 0 amide bonds. The Morgan fingerprint density at radius 2 is 1.95 bits per heavy atom. The Hall–Kier alpha value is -1.46. The number of nitrogens with zero attached hydrogens (tertiary/aromatic N) is 2. The van der Waals surface area contributed by atoms with Gasteiger partial charge in [0, 0.05) is 17.7 Å². The number of aryl methyl sites for hydroxylation is 1. The van der Waals surface area contributed by atoms with Crippen LogP contribution in [-0.4, -0.2) is 16.7 Å². The molecule has 0 aliphatic rings. The summed E-state index contributed by atoms with van der Waals surface area (Å²) in [4.78, 5) is 5.65. The van der Waals surface area contributed by atoms with E-state index in [-0.39, 0.29) is 0 Å². The summed E-state index contributed by atoms with van der Waals surface area (Å²) in [5.41, 5.74) is 3.42. The molecule has 5 heteroatoms. The van der Waals surface area contributed by atoms with Gasteiger partial charge in [-0.05, 0) is 45.8 Å². The van der Waals surface area contributed by atoms with Crippen LogP contribution >= 0.6 is 27.7 Å². The summed E-state index contributed by atoms with van der Waals surface area (Å²) in [7, 11) is 3.69. The Bertz CT molecular complexity index is 768. The molecule has 0 aliphatic heterocycles. The number of imidazole rings is 1. The first kappa shape index (κ1) is 14.5. The van der Waals surface area contributed by atoms with Crippen molar-refractivity contribution in [3.05, 3.63) is 52.8 Å². The summed E-state index contributed by atoms with van der Waals surface area (Å²) in [6.07, 6.45) is 1.84. The van der Waals surface area contributed by atoms with Crippen molar-refractivity contribution in [2.75, 3.05) is 7.11 Å². The van der Waals surface area contributed by atoms with Gasteiger partial charge in [0.15, 0.2) is 0 Å². The second-order valence-electron chi connectivity index (χ2n) is 4.74. The molecule has 108 valence electrons. The highest BCUT2D eigenvalue weighted by molar-refractivity contribution is 9.10. The quantitative estimate of drug-likeness (QED) is 0.632. The van der Waals surface area contributed by atoms with E-state index in [4.69, 9.17) is 4.74 Å². The zero-order valence-corrected chi connectivity index (χ0v) is 14.2. The molecule has 0 fully saturated rings. The zero-order valence-electron chi connectivity index (χ0n) is 11.8. The van der Waals surface area contributed by atoms with Crippen molar-refractivity contribution in [3.63, 3.8) is 0 Å². The maximum atomic E-state index is 5.18. The van der Waals surface area contributed by atoms with Gasteiger partial charge in [0.1, 0.15) is 11.3 Å². The first-order valence-corrected chi connectivity index (χ1v) is 8.32. The van der Waals surface area contributed by atoms with Crippen LogP contribution in [-0.2, 0) is 12.8 Å². The molecule has 1 heterocycles. The van der Waals surface area contributed by atoms with Gasteiger partial charge in [0.25, 0.3) is 0 Å². The Morgan fingerprint density at radius 1 is 1.19 bits per heavy atom. The molecule has 1 aromatic heterocycles. The van der Waals surface area contributed by atoms with Crippen LogP contribution in [0.3, 0.4) is 0 Å². The molecule has 0 unspecified atom stereocenters. The second kappa shape index (κ2) is 6.12. The number of ether oxygens (including phenoxy) is 1. The van der Waals surface area contributed by atoms with Crippen LogP contribution < -0.4 is 4.74 Å². The van der Waals surface area contributed by atoms with Crippen molar-refractivity contribution >= 4 is 38.7 Å². The molecule has 0 saturated carbocycles. The highest BCUT2D eigenvalue weighted by atomic mass is 79.9. The van der Waals surface area contributed by atoms with Crippen LogP contribution in [0.2, 0.25) is 0 Å². The molecule has 3 nitrogen and oxygen atoms in total. The molecular weight excluding hydrogens is 348 g/mol. The van der Waals surface area contributed by atoms with Crippen LogP contribution in [0, 0.1) is 0 Å². The van der Waals surface area contributed by atoms with Crippen molar-refractivity contribution < 1.29 is 4.74 Å². The molecule has 0 saturated heterocycles. The first-order valence-electron chi connectivity index (χ1n) is 6.54. The van der Waals surface area contributed by atoms with Crippen molar-refractivity contribution in [2.24, 2.45) is 7.05 Å². The Morgan fingerprint density at radius 3 is 2.67 bits per heavy atom. The summed E-state index contributed by atoms with van der Waals surface area (Å²) in [5.74, 6) is 1.81. The number of rotatable bonds is 4. The maximum absolute atomic E-state index is 5.18. The fourth-order valence-electron chi connectivity index (χ4n) is 2.14. The minimum Gasteiger partial charge on any atom is -0.497 e. The predicted molar refractivity (Wildman–Crippen MR) is 91.0 cm³/mol. The molecule has 3 aromatic rings. The van der Waals surface area contributed by atoms with Gasteiger partial charge in [-0.2, -0.15) is 0 Å². The molecule has 3 rings (SSSR count). The molecule has 0 radical (unpaired) electrons. The second-order valence-corrected chi connectivity index (χ2v) is 6.55. The van der Waals surface area contributed by atoms with Crippen LogP contribution in [0.25, 0.3) is 11.0 Å². The largest absolute Gasteiger partial charge is 0.497 e. The highest BCUT2D eigenvalue weighted by Crippen LogP contribution is 2.35. The van der Waals surface area contributed by atoms with Gasteiger partial charge in [0.05, 0.1) is 23.4 Å². The molecular formula is C16H15BrN2OS. The van der Waals surface area contributed by atoms with Crippen LogP contribution in [0.4, 0.5) is 0 Å². The number of hydrogen-bond donors (Lipinski definition) is 0. The molecule has 0 N–H and O–H groups in total. The lowest BCUT2D eigenvalue weighted by molar-refractivity contribution is 0.414. The third-order valence-corrected chi connectivity index (χ3v) is 5.55. The topological polar surface area (TPSA) is 27.1 Å². The normalized spacial score (nSPS) is 11.0. The molecule has 2 aromatic carbocycles. The monoisotopic (exact) mass is 362 g/mol.